The molecule has 0 aromatic heterocycles. The first-order valence-electron chi connectivity index (χ1n) is 8.77. The van der Waals surface area contributed by atoms with Crippen LogP contribution >= 0.6 is 0 Å². The predicted molar refractivity (Wildman–Crippen MR) is 86.6 cm³/mol. The molecule has 2 rings (SSSR count). The number of epoxide rings is 1. The minimum absolute atomic E-state index is 0.0372. The van der Waals surface area contributed by atoms with Crippen molar-refractivity contribution in [3.63, 3.8) is 0 Å². The molecule has 2 saturated heterocycles. The fourth-order valence-electron chi connectivity index (χ4n) is 3.35. The number of ketones is 1. The molecule has 2 heterocycles. The van der Waals surface area contributed by atoms with Crippen molar-refractivity contribution in [3.8, 4) is 0 Å². The van der Waals surface area contributed by atoms with Crippen LogP contribution in [-0.4, -0.2) is 29.9 Å². The molecule has 126 valence electrons. The van der Waals surface area contributed by atoms with Crippen molar-refractivity contribution in [2.75, 3.05) is 6.54 Å². The van der Waals surface area contributed by atoms with E-state index in [0.717, 1.165) is 32.1 Å². The zero-order valence-electron chi connectivity index (χ0n) is 14.4. The van der Waals surface area contributed by atoms with Crippen molar-refractivity contribution in [1.29, 1.82) is 0 Å². The summed E-state index contributed by atoms with van der Waals surface area (Å²) < 4.78 is 5.84. The number of fused-ring (bicyclic) bond motifs is 1. The summed E-state index contributed by atoms with van der Waals surface area (Å²) in [6, 6.07) is 0. The lowest BCUT2D eigenvalue weighted by Gasteiger charge is -2.24. The van der Waals surface area contributed by atoms with Gasteiger partial charge in [-0.15, -0.1) is 0 Å². The number of hydrogen-bond acceptors (Lipinski definition) is 3. The molecule has 1 amide bonds. The molecule has 0 radical (unpaired) electrons. The number of ether oxygens (including phenoxy) is 1. The summed E-state index contributed by atoms with van der Waals surface area (Å²) in [7, 11) is 0. The smallest absolute Gasteiger partial charge is 0.220 e. The Morgan fingerprint density at radius 3 is 2.55 bits per heavy atom. The minimum Gasteiger partial charge on any atom is -0.366 e. The molecule has 4 nitrogen and oxygen atoms in total. The van der Waals surface area contributed by atoms with Crippen molar-refractivity contribution < 1.29 is 14.3 Å². The largest absolute Gasteiger partial charge is 0.366 e. The number of amides is 1. The van der Waals surface area contributed by atoms with Crippen LogP contribution in [0.25, 0.3) is 0 Å². The average molecular weight is 309 g/mol. The van der Waals surface area contributed by atoms with E-state index in [1.807, 2.05) is 0 Å². The van der Waals surface area contributed by atoms with Crippen molar-refractivity contribution >= 4 is 11.7 Å². The number of carbonyl (C=O) groups excluding carboxylic acids is 2. The van der Waals surface area contributed by atoms with Crippen LogP contribution in [0.3, 0.4) is 0 Å². The van der Waals surface area contributed by atoms with Gasteiger partial charge in [0, 0.05) is 25.8 Å². The van der Waals surface area contributed by atoms with Crippen LogP contribution in [0.2, 0.25) is 0 Å². The topological polar surface area (TPSA) is 58.7 Å². The van der Waals surface area contributed by atoms with E-state index >= 15 is 0 Å². The highest BCUT2D eigenvalue weighted by Crippen LogP contribution is 2.43. The molecule has 0 saturated carbocycles. The third kappa shape index (κ3) is 5.38. The predicted octanol–water partition coefficient (Wildman–Crippen LogP) is 3.38. The molecule has 1 N–H and O–H groups in total. The zero-order chi connectivity index (χ0) is 16.2. The van der Waals surface area contributed by atoms with Crippen LogP contribution in [0.1, 0.15) is 78.6 Å². The third-order valence-corrected chi connectivity index (χ3v) is 5.24. The van der Waals surface area contributed by atoms with Crippen LogP contribution < -0.4 is 5.32 Å². The number of nitrogens with one attached hydrogen (secondary N) is 1. The van der Waals surface area contributed by atoms with Crippen molar-refractivity contribution in [2.24, 2.45) is 5.41 Å². The third-order valence-electron chi connectivity index (χ3n) is 5.24. The second-order valence-electron chi connectivity index (χ2n) is 7.97. The number of hydrogen-bond donors (Lipinski definition) is 1. The maximum Gasteiger partial charge on any atom is 0.220 e. The highest BCUT2D eigenvalue weighted by Gasteiger charge is 2.50. The maximum atomic E-state index is 11.9. The minimum atomic E-state index is -0.0372. The summed E-state index contributed by atoms with van der Waals surface area (Å²) in [5.41, 5.74) is 0.180. The monoisotopic (exact) mass is 309 g/mol. The Morgan fingerprint density at radius 1 is 1.00 bits per heavy atom. The van der Waals surface area contributed by atoms with Gasteiger partial charge in [0.15, 0.2) is 0 Å². The average Bonchev–Trinajstić information content (AvgIpc) is 3.06. The highest BCUT2D eigenvalue weighted by molar-refractivity contribution is 5.80. The Kier molecular flexibility index (Phi) is 5.65. The molecule has 0 aromatic carbocycles. The molecule has 22 heavy (non-hydrogen) atoms. The van der Waals surface area contributed by atoms with E-state index in [0.29, 0.717) is 44.1 Å². The molecule has 2 unspecified atom stereocenters. The van der Waals surface area contributed by atoms with Gasteiger partial charge in [-0.2, -0.15) is 0 Å². The van der Waals surface area contributed by atoms with Gasteiger partial charge in [0.1, 0.15) is 5.78 Å². The molecule has 2 aliphatic rings. The van der Waals surface area contributed by atoms with Crippen molar-refractivity contribution in [1.82, 2.24) is 5.32 Å². The lowest BCUT2D eigenvalue weighted by atomic mass is 9.81. The first-order valence-corrected chi connectivity index (χ1v) is 8.77. The SMILES string of the molecule is CC1(C)CCCC2OC2(C)CCNC(=O)CCCC(=O)CC1. The van der Waals surface area contributed by atoms with Gasteiger partial charge in [0.05, 0.1) is 11.7 Å². The van der Waals surface area contributed by atoms with E-state index in [2.05, 4.69) is 26.1 Å². The van der Waals surface area contributed by atoms with Gasteiger partial charge in [0.2, 0.25) is 5.91 Å². The highest BCUT2D eigenvalue weighted by atomic mass is 16.6. The summed E-state index contributed by atoms with van der Waals surface area (Å²) in [6.07, 6.45) is 7.85. The molecule has 2 aliphatic heterocycles. The van der Waals surface area contributed by atoms with Gasteiger partial charge < -0.3 is 10.1 Å². The van der Waals surface area contributed by atoms with E-state index < -0.39 is 0 Å². The summed E-state index contributed by atoms with van der Waals surface area (Å²) in [5.74, 6) is 0.354. The Balaban J connectivity index is 1.88. The number of Topliss-reactive ketones (excluding diaryl/α,β-unsaturated/α-hetero) is 1. The summed E-state index contributed by atoms with van der Waals surface area (Å²) in [4.78, 5) is 23.7. The van der Waals surface area contributed by atoms with Crippen molar-refractivity contribution in [3.05, 3.63) is 0 Å². The molecule has 0 aliphatic carbocycles. The lowest BCUT2D eigenvalue weighted by molar-refractivity contribution is -0.121. The quantitative estimate of drug-likeness (QED) is 0.698. The van der Waals surface area contributed by atoms with Gasteiger partial charge >= 0.3 is 0 Å². The molecule has 4 heteroatoms. The van der Waals surface area contributed by atoms with E-state index in [1.165, 1.54) is 0 Å². The standard InChI is InChI=1S/C18H31NO3/c1-17(2)10-5-7-15-18(3,22-15)12-13-19-16(21)8-4-6-14(20)9-11-17/h15H,4-13H2,1-3H3,(H,19,21). The second-order valence-corrected chi connectivity index (χ2v) is 7.97. The first kappa shape index (κ1) is 17.5. The number of rotatable bonds is 0. The molecule has 0 bridgehead atoms. The van der Waals surface area contributed by atoms with E-state index in [-0.39, 0.29) is 16.9 Å². The van der Waals surface area contributed by atoms with E-state index in [9.17, 15) is 9.59 Å². The summed E-state index contributed by atoms with van der Waals surface area (Å²) in [5, 5.41) is 2.94. The van der Waals surface area contributed by atoms with Gasteiger partial charge in [0.25, 0.3) is 0 Å². The second kappa shape index (κ2) is 7.12. The van der Waals surface area contributed by atoms with E-state index in [1.54, 1.807) is 0 Å². The molecule has 2 atom stereocenters. The zero-order valence-corrected chi connectivity index (χ0v) is 14.4. The molecular formula is C18H31NO3. The maximum absolute atomic E-state index is 11.9. The molecule has 0 spiro atoms. The van der Waals surface area contributed by atoms with Crippen LogP contribution in [0.15, 0.2) is 0 Å². The van der Waals surface area contributed by atoms with Crippen LogP contribution in [0, 0.1) is 5.41 Å². The molecule has 0 aromatic rings. The Labute approximate surface area is 134 Å². The van der Waals surface area contributed by atoms with Crippen molar-refractivity contribution in [2.45, 2.75) is 90.3 Å². The lowest BCUT2D eigenvalue weighted by Crippen LogP contribution is -2.28. The van der Waals surface area contributed by atoms with Gasteiger partial charge in [-0.1, -0.05) is 20.3 Å². The Bertz CT molecular complexity index is 419. The van der Waals surface area contributed by atoms with Crippen LogP contribution in [0.4, 0.5) is 0 Å². The normalized spacial score (nSPS) is 34.6. The Morgan fingerprint density at radius 2 is 1.77 bits per heavy atom. The summed E-state index contributed by atoms with van der Waals surface area (Å²) >= 11 is 0. The summed E-state index contributed by atoms with van der Waals surface area (Å²) in [6.45, 7) is 7.33. The fourth-order valence-corrected chi connectivity index (χ4v) is 3.35. The molecule has 2 fully saturated rings. The molecular weight excluding hydrogens is 278 g/mol. The van der Waals surface area contributed by atoms with Gasteiger partial charge in [-0.05, 0) is 44.4 Å². The van der Waals surface area contributed by atoms with E-state index in [4.69, 9.17) is 4.74 Å². The van der Waals surface area contributed by atoms with Crippen LogP contribution in [-0.2, 0) is 14.3 Å². The van der Waals surface area contributed by atoms with Gasteiger partial charge in [-0.25, -0.2) is 0 Å². The first-order chi connectivity index (χ1) is 10.3. The van der Waals surface area contributed by atoms with Gasteiger partial charge in [-0.3, -0.25) is 9.59 Å². The van der Waals surface area contributed by atoms with Crippen LogP contribution in [0.5, 0.6) is 0 Å². The number of carbonyl (C=O) groups is 2. The Hall–Kier alpha value is -0.900. The fraction of sp³-hybridized carbons (Fsp3) is 0.889.